The second-order valence-corrected chi connectivity index (χ2v) is 5.44. The van der Waals surface area contributed by atoms with Crippen LogP contribution in [-0.4, -0.2) is 0 Å². The summed E-state index contributed by atoms with van der Waals surface area (Å²) in [5.41, 5.74) is 3.32. The fourth-order valence-corrected chi connectivity index (χ4v) is 2.85. The number of aryl methyl sites for hydroxylation is 1. The number of halogens is 2. The van der Waals surface area contributed by atoms with Gasteiger partial charge in [-0.05, 0) is 42.8 Å². The zero-order valence-corrected chi connectivity index (χ0v) is 10.8. The smallest absolute Gasteiger partial charge is 0.123 e. The van der Waals surface area contributed by atoms with Crippen molar-refractivity contribution in [2.45, 2.75) is 13.0 Å². The second kappa shape index (κ2) is 5.14. The standard InChI is InChI=1S/C12H12ClFN2S/c1-7-2-5-11(17-7)12(16-15)9-6-8(14)3-4-10(9)13/h2-6,12,16H,15H2,1H3. The summed E-state index contributed by atoms with van der Waals surface area (Å²) in [6.07, 6.45) is 0. The van der Waals surface area contributed by atoms with Crippen molar-refractivity contribution in [2.75, 3.05) is 0 Å². The van der Waals surface area contributed by atoms with Crippen LogP contribution in [0.15, 0.2) is 30.3 Å². The lowest BCUT2D eigenvalue weighted by molar-refractivity contribution is 0.609. The number of benzene rings is 1. The molecule has 1 aromatic carbocycles. The summed E-state index contributed by atoms with van der Waals surface area (Å²) in [6.45, 7) is 2.01. The molecule has 3 N–H and O–H groups in total. The van der Waals surface area contributed by atoms with Gasteiger partial charge in [-0.1, -0.05) is 11.6 Å². The Morgan fingerprint density at radius 2 is 2.12 bits per heavy atom. The van der Waals surface area contributed by atoms with Crippen LogP contribution in [0.4, 0.5) is 4.39 Å². The van der Waals surface area contributed by atoms with E-state index >= 15 is 0 Å². The highest BCUT2D eigenvalue weighted by Crippen LogP contribution is 2.32. The molecule has 1 atom stereocenters. The normalized spacial score (nSPS) is 12.7. The van der Waals surface area contributed by atoms with Crippen LogP contribution in [0.3, 0.4) is 0 Å². The van der Waals surface area contributed by atoms with Gasteiger partial charge in [0.1, 0.15) is 5.82 Å². The summed E-state index contributed by atoms with van der Waals surface area (Å²) in [4.78, 5) is 2.19. The predicted octanol–water partition coefficient (Wildman–Crippen LogP) is 3.40. The Bertz CT molecular complexity index is 527. The highest BCUT2D eigenvalue weighted by molar-refractivity contribution is 7.12. The van der Waals surface area contributed by atoms with Crippen LogP contribution >= 0.6 is 22.9 Å². The minimum atomic E-state index is -0.321. The van der Waals surface area contributed by atoms with E-state index in [9.17, 15) is 4.39 Å². The number of thiophene rings is 1. The van der Waals surface area contributed by atoms with Crippen LogP contribution in [0.2, 0.25) is 5.02 Å². The van der Waals surface area contributed by atoms with Crippen molar-refractivity contribution >= 4 is 22.9 Å². The first-order valence-corrected chi connectivity index (χ1v) is 6.28. The molecule has 0 saturated carbocycles. The van der Waals surface area contributed by atoms with Gasteiger partial charge in [-0.3, -0.25) is 5.84 Å². The van der Waals surface area contributed by atoms with E-state index < -0.39 is 0 Å². The van der Waals surface area contributed by atoms with E-state index in [0.29, 0.717) is 10.6 Å². The number of hydrogen-bond acceptors (Lipinski definition) is 3. The molecule has 2 nitrogen and oxygen atoms in total. The Morgan fingerprint density at radius 3 is 2.71 bits per heavy atom. The molecule has 1 unspecified atom stereocenters. The van der Waals surface area contributed by atoms with Gasteiger partial charge in [-0.25, -0.2) is 9.82 Å². The second-order valence-electron chi connectivity index (χ2n) is 3.71. The van der Waals surface area contributed by atoms with Crippen LogP contribution in [0.1, 0.15) is 21.4 Å². The molecule has 0 spiro atoms. The number of nitrogens with two attached hydrogens (primary N) is 1. The molecular formula is C12H12ClFN2S. The fourth-order valence-electron chi connectivity index (χ4n) is 1.67. The van der Waals surface area contributed by atoms with Gasteiger partial charge in [0.2, 0.25) is 0 Å². The topological polar surface area (TPSA) is 38.0 Å². The lowest BCUT2D eigenvalue weighted by Crippen LogP contribution is -2.28. The first kappa shape index (κ1) is 12.5. The molecule has 2 aromatic rings. The van der Waals surface area contributed by atoms with Crippen molar-refractivity contribution in [2.24, 2.45) is 5.84 Å². The molecule has 5 heteroatoms. The van der Waals surface area contributed by atoms with E-state index in [0.717, 1.165) is 4.88 Å². The Kier molecular flexibility index (Phi) is 3.79. The third-order valence-electron chi connectivity index (χ3n) is 2.48. The van der Waals surface area contributed by atoms with Gasteiger partial charge >= 0.3 is 0 Å². The van der Waals surface area contributed by atoms with Crippen molar-refractivity contribution in [1.82, 2.24) is 5.43 Å². The quantitative estimate of drug-likeness (QED) is 0.663. The average molecular weight is 271 g/mol. The van der Waals surface area contributed by atoms with Gasteiger partial charge in [0.05, 0.1) is 6.04 Å². The third-order valence-corrected chi connectivity index (χ3v) is 3.89. The molecule has 0 aliphatic heterocycles. The molecule has 0 radical (unpaired) electrons. The highest BCUT2D eigenvalue weighted by atomic mass is 35.5. The minimum Gasteiger partial charge on any atom is -0.271 e. The number of nitrogens with one attached hydrogen (secondary N) is 1. The summed E-state index contributed by atoms with van der Waals surface area (Å²) < 4.78 is 13.2. The van der Waals surface area contributed by atoms with E-state index in [-0.39, 0.29) is 11.9 Å². The van der Waals surface area contributed by atoms with Crippen LogP contribution < -0.4 is 11.3 Å². The van der Waals surface area contributed by atoms with Crippen LogP contribution in [0, 0.1) is 12.7 Å². The monoisotopic (exact) mass is 270 g/mol. The maximum atomic E-state index is 13.2. The zero-order valence-electron chi connectivity index (χ0n) is 9.21. The molecule has 17 heavy (non-hydrogen) atoms. The number of hydrazine groups is 1. The summed E-state index contributed by atoms with van der Waals surface area (Å²) in [5, 5.41) is 0.500. The minimum absolute atomic E-state index is 0.281. The zero-order chi connectivity index (χ0) is 12.4. The SMILES string of the molecule is Cc1ccc(C(NN)c2cc(F)ccc2Cl)s1. The van der Waals surface area contributed by atoms with Crippen molar-refractivity contribution in [3.05, 3.63) is 56.5 Å². The van der Waals surface area contributed by atoms with Gasteiger partial charge in [-0.2, -0.15) is 0 Å². The fraction of sp³-hybridized carbons (Fsp3) is 0.167. The van der Waals surface area contributed by atoms with E-state index in [1.807, 2.05) is 19.1 Å². The van der Waals surface area contributed by atoms with Gasteiger partial charge in [0.15, 0.2) is 0 Å². The third kappa shape index (κ3) is 2.66. The van der Waals surface area contributed by atoms with Crippen molar-refractivity contribution in [1.29, 1.82) is 0 Å². The van der Waals surface area contributed by atoms with E-state index in [1.54, 1.807) is 11.3 Å². The van der Waals surface area contributed by atoms with Gasteiger partial charge in [0.25, 0.3) is 0 Å². The molecule has 0 amide bonds. The van der Waals surface area contributed by atoms with Crippen molar-refractivity contribution in [3.8, 4) is 0 Å². The van der Waals surface area contributed by atoms with Crippen molar-refractivity contribution in [3.63, 3.8) is 0 Å². The molecule has 0 bridgehead atoms. The van der Waals surface area contributed by atoms with Crippen LogP contribution in [0.5, 0.6) is 0 Å². The summed E-state index contributed by atoms with van der Waals surface area (Å²) in [7, 11) is 0. The van der Waals surface area contributed by atoms with Gasteiger partial charge in [-0.15, -0.1) is 11.3 Å². The van der Waals surface area contributed by atoms with E-state index in [4.69, 9.17) is 17.4 Å². The van der Waals surface area contributed by atoms with Crippen LogP contribution in [-0.2, 0) is 0 Å². The first-order valence-electron chi connectivity index (χ1n) is 5.09. The lowest BCUT2D eigenvalue weighted by atomic mass is 10.1. The number of hydrogen-bond donors (Lipinski definition) is 2. The molecular weight excluding hydrogens is 259 g/mol. The molecule has 0 aliphatic rings. The predicted molar refractivity (Wildman–Crippen MR) is 69.6 cm³/mol. The Hall–Kier alpha value is -0.940. The number of rotatable bonds is 3. The van der Waals surface area contributed by atoms with Crippen molar-refractivity contribution < 1.29 is 4.39 Å². The summed E-state index contributed by atoms with van der Waals surface area (Å²) >= 11 is 7.68. The van der Waals surface area contributed by atoms with Crippen LogP contribution in [0.25, 0.3) is 0 Å². The largest absolute Gasteiger partial charge is 0.271 e. The van der Waals surface area contributed by atoms with E-state index in [2.05, 4.69) is 5.43 Å². The van der Waals surface area contributed by atoms with Gasteiger partial charge < -0.3 is 0 Å². The molecule has 0 saturated heterocycles. The van der Waals surface area contributed by atoms with E-state index in [1.165, 1.54) is 23.1 Å². The maximum absolute atomic E-state index is 13.2. The molecule has 90 valence electrons. The molecule has 1 heterocycles. The van der Waals surface area contributed by atoms with Gasteiger partial charge in [0, 0.05) is 14.8 Å². The Balaban J connectivity index is 2.45. The average Bonchev–Trinajstić information content (AvgIpc) is 2.71. The maximum Gasteiger partial charge on any atom is 0.123 e. The molecule has 1 aromatic heterocycles. The Morgan fingerprint density at radius 1 is 1.35 bits per heavy atom. The highest BCUT2D eigenvalue weighted by Gasteiger charge is 2.17. The Labute approximate surface area is 108 Å². The first-order chi connectivity index (χ1) is 8.11. The lowest BCUT2D eigenvalue weighted by Gasteiger charge is -2.16. The molecule has 2 rings (SSSR count). The molecule has 0 aliphatic carbocycles. The summed E-state index contributed by atoms with van der Waals surface area (Å²) in [5.74, 6) is 5.22. The summed E-state index contributed by atoms with van der Waals surface area (Å²) in [6, 6.07) is 7.96. The molecule has 0 fully saturated rings.